The molecule has 5 aromatic rings. The molecule has 5 heterocycles. The molecule has 7 rings (SSSR count). The number of amides is 1. The van der Waals surface area contributed by atoms with E-state index in [0.717, 1.165) is 36.8 Å². The zero-order chi connectivity index (χ0) is 29.7. The number of likely N-dealkylation sites (tertiary alicyclic amines) is 1. The number of pyridine rings is 1. The lowest BCUT2D eigenvalue weighted by molar-refractivity contribution is 0.102. The number of rotatable bonds is 6. The molecule has 2 atom stereocenters. The van der Waals surface area contributed by atoms with Gasteiger partial charge in [-0.2, -0.15) is 14.9 Å². The number of carbonyl (C=O) groups is 1. The van der Waals surface area contributed by atoms with Gasteiger partial charge in [-0.05, 0) is 68.4 Å². The molecule has 0 bridgehead atoms. The van der Waals surface area contributed by atoms with Crippen molar-refractivity contribution in [2.24, 2.45) is 5.92 Å². The third kappa shape index (κ3) is 4.87. The van der Waals surface area contributed by atoms with Gasteiger partial charge in [0.15, 0.2) is 23.0 Å². The fraction of sp³-hybridized carbons (Fsp3) is 0.233. The highest BCUT2D eigenvalue weighted by Crippen LogP contribution is 2.39. The predicted molar refractivity (Wildman–Crippen MR) is 155 cm³/mol. The van der Waals surface area contributed by atoms with Crippen molar-refractivity contribution in [2.75, 3.05) is 36.9 Å². The molecule has 3 aromatic heterocycles. The maximum absolute atomic E-state index is 15.3. The van der Waals surface area contributed by atoms with Crippen molar-refractivity contribution in [3.8, 4) is 17.2 Å². The van der Waals surface area contributed by atoms with E-state index in [2.05, 4.69) is 42.4 Å². The van der Waals surface area contributed by atoms with E-state index in [1.807, 2.05) is 0 Å². The Hall–Kier alpha value is -5.17. The van der Waals surface area contributed by atoms with E-state index < -0.39 is 23.1 Å². The van der Waals surface area contributed by atoms with E-state index in [1.54, 1.807) is 12.3 Å². The zero-order valence-corrected chi connectivity index (χ0v) is 23.0. The van der Waals surface area contributed by atoms with Crippen LogP contribution in [-0.2, 0) is 0 Å². The van der Waals surface area contributed by atoms with Crippen molar-refractivity contribution in [1.82, 2.24) is 29.9 Å². The molecule has 2 aliphatic heterocycles. The zero-order valence-electron chi connectivity index (χ0n) is 23.0. The van der Waals surface area contributed by atoms with Gasteiger partial charge in [-0.15, -0.1) is 0 Å². The number of aromatic amines is 1. The number of benzene rings is 2. The van der Waals surface area contributed by atoms with E-state index in [0.29, 0.717) is 40.2 Å². The minimum atomic E-state index is -0.753. The van der Waals surface area contributed by atoms with Crippen molar-refractivity contribution in [3.63, 3.8) is 0 Å². The van der Waals surface area contributed by atoms with E-state index in [4.69, 9.17) is 4.74 Å². The molecule has 0 spiro atoms. The van der Waals surface area contributed by atoms with Crippen LogP contribution in [0.5, 0.6) is 11.5 Å². The molecule has 2 N–H and O–H groups in total. The fourth-order valence-electron chi connectivity index (χ4n) is 5.90. The maximum atomic E-state index is 15.3. The van der Waals surface area contributed by atoms with Crippen molar-refractivity contribution in [2.45, 2.75) is 12.5 Å². The summed E-state index contributed by atoms with van der Waals surface area (Å²) in [7, 11) is 2.14. The third-order valence-corrected chi connectivity index (χ3v) is 8.10. The Balaban J connectivity index is 1.11. The van der Waals surface area contributed by atoms with Gasteiger partial charge < -0.3 is 19.9 Å². The SMILES string of the molecule is CN1CCC2CN(c3n[nH]c4nccc(Oc5ccc(NC(=O)c6ccnn(-c7ccc(F)cc7)c6=O)cc5F)c34)CC21. The Kier molecular flexibility index (Phi) is 6.58. The van der Waals surface area contributed by atoms with Gasteiger partial charge in [-0.1, -0.05) is 0 Å². The van der Waals surface area contributed by atoms with Gasteiger partial charge in [0.25, 0.3) is 11.5 Å². The summed E-state index contributed by atoms with van der Waals surface area (Å²) >= 11 is 0. The number of likely N-dealkylation sites (N-methyl/N-ethyl adjacent to an activating group) is 1. The first-order valence-corrected chi connectivity index (χ1v) is 13.8. The normalized spacial score (nSPS) is 18.3. The first kappa shape index (κ1) is 26.7. The number of anilines is 2. The molecule has 2 saturated heterocycles. The van der Waals surface area contributed by atoms with Gasteiger partial charge in [-0.25, -0.2) is 13.8 Å². The second-order valence-electron chi connectivity index (χ2n) is 10.7. The van der Waals surface area contributed by atoms with E-state index in [1.165, 1.54) is 48.7 Å². The lowest BCUT2D eigenvalue weighted by Gasteiger charge is -2.21. The number of nitrogens with zero attached hydrogens (tertiary/aromatic N) is 6. The summed E-state index contributed by atoms with van der Waals surface area (Å²) in [5.41, 5.74) is 0.0169. The van der Waals surface area contributed by atoms with Crippen molar-refractivity contribution in [1.29, 1.82) is 0 Å². The maximum Gasteiger partial charge on any atom is 0.284 e. The number of fused-ring (bicyclic) bond motifs is 2. The summed E-state index contributed by atoms with van der Waals surface area (Å²) in [5.74, 6) is -0.323. The summed E-state index contributed by atoms with van der Waals surface area (Å²) in [6.07, 6.45) is 3.98. The standard InChI is InChI=1S/C30H26F2N8O3/c1-38-13-10-17-15-39(16-23(17)38)28-26-25(9-11-33-27(26)36-37-28)43-24-7-4-19(14-22(24)32)35-29(41)21-8-12-34-40(30(21)42)20-5-2-18(31)3-6-20/h2-9,11-12,14,17,23H,10,13,15-16H2,1H3,(H,35,41)(H,33,36,37). The van der Waals surface area contributed by atoms with Crippen molar-refractivity contribution in [3.05, 3.63) is 94.5 Å². The second-order valence-corrected chi connectivity index (χ2v) is 10.7. The van der Waals surface area contributed by atoms with Crippen LogP contribution in [0.4, 0.5) is 20.3 Å². The first-order chi connectivity index (χ1) is 20.9. The molecule has 13 heteroatoms. The van der Waals surface area contributed by atoms with Crippen molar-refractivity contribution >= 4 is 28.4 Å². The molecule has 0 radical (unpaired) electrons. The summed E-state index contributed by atoms with van der Waals surface area (Å²) in [4.78, 5) is 34.8. The lowest BCUT2D eigenvalue weighted by Crippen LogP contribution is -2.32. The average molecular weight is 585 g/mol. The third-order valence-electron chi connectivity index (χ3n) is 8.10. The van der Waals surface area contributed by atoms with Gasteiger partial charge in [0.2, 0.25) is 0 Å². The molecule has 0 saturated carbocycles. The van der Waals surface area contributed by atoms with Gasteiger partial charge in [0, 0.05) is 49.3 Å². The summed E-state index contributed by atoms with van der Waals surface area (Å²) in [6.45, 7) is 2.80. The molecular weight excluding hydrogens is 558 g/mol. The number of halogens is 2. The van der Waals surface area contributed by atoms with Crippen LogP contribution >= 0.6 is 0 Å². The largest absolute Gasteiger partial charge is 0.453 e. The quantitative estimate of drug-likeness (QED) is 0.308. The molecule has 43 heavy (non-hydrogen) atoms. The average Bonchev–Trinajstić information content (AvgIpc) is 3.71. The number of hydrogen-bond acceptors (Lipinski definition) is 8. The Morgan fingerprint density at radius 1 is 1.05 bits per heavy atom. The minimum Gasteiger partial charge on any atom is -0.453 e. The number of hydrogen-bond donors (Lipinski definition) is 2. The Bertz CT molecular complexity index is 1910. The summed E-state index contributed by atoms with van der Waals surface area (Å²) in [6, 6.07) is 12.5. The monoisotopic (exact) mass is 584 g/mol. The predicted octanol–water partition coefficient (Wildman–Crippen LogP) is 3.97. The van der Waals surface area contributed by atoms with E-state index in [9.17, 15) is 14.0 Å². The summed E-state index contributed by atoms with van der Waals surface area (Å²) < 4.78 is 35.6. The van der Waals surface area contributed by atoms with Crippen LogP contribution in [0.3, 0.4) is 0 Å². The highest BCUT2D eigenvalue weighted by Gasteiger charge is 2.41. The van der Waals surface area contributed by atoms with Crippen LogP contribution in [0.2, 0.25) is 0 Å². The van der Waals surface area contributed by atoms with E-state index in [-0.39, 0.29) is 17.0 Å². The van der Waals surface area contributed by atoms with Gasteiger partial charge in [0.05, 0.1) is 5.69 Å². The van der Waals surface area contributed by atoms with Crippen LogP contribution in [-0.4, -0.2) is 68.5 Å². The molecule has 2 fully saturated rings. The number of ether oxygens (including phenoxy) is 1. The second kappa shape index (κ2) is 10.6. The number of aromatic nitrogens is 5. The fourth-order valence-corrected chi connectivity index (χ4v) is 5.90. The Morgan fingerprint density at radius 3 is 2.67 bits per heavy atom. The molecule has 1 amide bonds. The van der Waals surface area contributed by atoms with E-state index >= 15 is 4.39 Å². The van der Waals surface area contributed by atoms with Crippen molar-refractivity contribution < 1.29 is 18.3 Å². The first-order valence-electron chi connectivity index (χ1n) is 13.8. The van der Waals surface area contributed by atoms with Crippen LogP contribution in [0.25, 0.3) is 16.7 Å². The molecule has 2 unspecified atom stereocenters. The number of carbonyl (C=O) groups excluding carboxylic acids is 1. The lowest BCUT2D eigenvalue weighted by atomic mass is 10.1. The Morgan fingerprint density at radius 2 is 1.88 bits per heavy atom. The summed E-state index contributed by atoms with van der Waals surface area (Å²) in [5, 5.41) is 14.7. The topological polar surface area (TPSA) is 121 Å². The molecule has 2 aromatic carbocycles. The van der Waals surface area contributed by atoms with Crippen LogP contribution < -0.4 is 20.5 Å². The van der Waals surface area contributed by atoms with Crippen LogP contribution in [0, 0.1) is 17.6 Å². The van der Waals surface area contributed by atoms with Crippen LogP contribution in [0.1, 0.15) is 16.8 Å². The molecule has 218 valence electrons. The molecule has 0 aliphatic carbocycles. The number of nitrogens with one attached hydrogen (secondary N) is 2. The van der Waals surface area contributed by atoms with Gasteiger partial charge in [0.1, 0.15) is 22.5 Å². The molecule has 11 nitrogen and oxygen atoms in total. The number of H-pyrrole nitrogens is 1. The highest BCUT2D eigenvalue weighted by atomic mass is 19.1. The molecule has 2 aliphatic rings. The van der Waals surface area contributed by atoms with Gasteiger partial charge >= 0.3 is 0 Å². The van der Waals surface area contributed by atoms with Gasteiger partial charge in [-0.3, -0.25) is 14.7 Å². The minimum absolute atomic E-state index is 0.0572. The smallest absolute Gasteiger partial charge is 0.284 e. The highest BCUT2D eigenvalue weighted by molar-refractivity contribution is 6.04. The Labute approximate surface area is 243 Å². The van der Waals surface area contributed by atoms with Crippen LogP contribution in [0.15, 0.2) is 71.8 Å². The molecular formula is C30H26F2N8O3.